The van der Waals surface area contributed by atoms with Gasteiger partial charge in [0.2, 0.25) is 0 Å². The van der Waals surface area contributed by atoms with Crippen molar-refractivity contribution < 1.29 is 19.2 Å². The summed E-state index contributed by atoms with van der Waals surface area (Å²) in [6, 6.07) is 19.4. The number of benzene rings is 3. The van der Waals surface area contributed by atoms with Crippen molar-refractivity contribution >= 4 is 46.6 Å². The zero-order valence-electron chi connectivity index (χ0n) is 16.3. The lowest BCUT2D eigenvalue weighted by molar-refractivity contribution is -0.384. The SMILES string of the molecule is N#Cc1ccccc1Sc1ccccc1C(=O)OCC(=O)Nc1ccc([N+](=O)[O-])cc1Cl. The highest BCUT2D eigenvalue weighted by molar-refractivity contribution is 7.99. The van der Waals surface area contributed by atoms with Gasteiger partial charge in [-0.15, -0.1) is 0 Å². The van der Waals surface area contributed by atoms with Gasteiger partial charge in [-0.3, -0.25) is 14.9 Å². The Kier molecular flexibility index (Phi) is 7.44. The second-order valence-electron chi connectivity index (χ2n) is 6.25. The molecule has 3 aromatic carbocycles. The lowest BCUT2D eigenvalue weighted by atomic mass is 10.2. The monoisotopic (exact) mass is 467 g/mol. The molecule has 0 unspecified atom stereocenters. The Labute approximate surface area is 191 Å². The predicted molar refractivity (Wildman–Crippen MR) is 119 cm³/mol. The number of ether oxygens (including phenoxy) is 1. The summed E-state index contributed by atoms with van der Waals surface area (Å²) in [6.45, 7) is -0.583. The van der Waals surface area contributed by atoms with Crippen LogP contribution in [0.3, 0.4) is 0 Å². The summed E-state index contributed by atoms with van der Waals surface area (Å²) >= 11 is 7.19. The predicted octanol–water partition coefficient (Wildman–Crippen LogP) is 5.07. The third kappa shape index (κ3) is 5.63. The van der Waals surface area contributed by atoms with Crippen molar-refractivity contribution in [2.75, 3.05) is 11.9 Å². The van der Waals surface area contributed by atoms with Gasteiger partial charge in [0.25, 0.3) is 11.6 Å². The third-order valence-electron chi connectivity index (χ3n) is 4.11. The van der Waals surface area contributed by atoms with Crippen LogP contribution in [0, 0.1) is 21.4 Å². The highest BCUT2D eigenvalue weighted by atomic mass is 35.5. The fourth-order valence-corrected chi connectivity index (χ4v) is 3.84. The second-order valence-corrected chi connectivity index (χ2v) is 7.74. The van der Waals surface area contributed by atoms with Crippen LogP contribution in [0.15, 0.2) is 76.5 Å². The summed E-state index contributed by atoms with van der Waals surface area (Å²) in [7, 11) is 0. The van der Waals surface area contributed by atoms with Crippen LogP contribution >= 0.6 is 23.4 Å². The molecule has 3 rings (SSSR count). The Morgan fingerprint density at radius 1 is 1.09 bits per heavy atom. The van der Waals surface area contributed by atoms with Crippen LogP contribution in [0.4, 0.5) is 11.4 Å². The molecule has 3 aromatic rings. The minimum absolute atomic E-state index is 0.0169. The number of hydrogen-bond acceptors (Lipinski definition) is 7. The summed E-state index contributed by atoms with van der Waals surface area (Å²) in [5, 5.41) is 22.4. The van der Waals surface area contributed by atoms with Gasteiger partial charge < -0.3 is 10.1 Å². The fraction of sp³-hybridized carbons (Fsp3) is 0.0455. The number of nitrogens with one attached hydrogen (secondary N) is 1. The Morgan fingerprint density at radius 3 is 2.47 bits per heavy atom. The molecule has 0 aliphatic heterocycles. The van der Waals surface area contributed by atoms with Crippen LogP contribution in [-0.2, 0) is 9.53 Å². The molecule has 0 spiro atoms. The van der Waals surface area contributed by atoms with E-state index in [4.69, 9.17) is 16.3 Å². The molecule has 0 aliphatic rings. The molecular weight excluding hydrogens is 454 g/mol. The lowest BCUT2D eigenvalue weighted by Gasteiger charge is -2.11. The Balaban J connectivity index is 1.66. The zero-order valence-corrected chi connectivity index (χ0v) is 17.9. The first-order valence-electron chi connectivity index (χ1n) is 9.06. The number of non-ortho nitro benzene ring substituents is 1. The molecule has 1 amide bonds. The number of nitro benzene ring substituents is 1. The van der Waals surface area contributed by atoms with Crippen molar-refractivity contribution in [3.63, 3.8) is 0 Å². The molecule has 0 atom stereocenters. The third-order valence-corrected chi connectivity index (χ3v) is 5.57. The van der Waals surface area contributed by atoms with Crippen LogP contribution in [0.25, 0.3) is 0 Å². The van der Waals surface area contributed by atoms with E-state index in [1.807, 2.05) is 0 Å². The van der Waals surface area contributed by atoms with Gasteiger partial charge in [0.05, 0.1) is 26.8 Å². The summed E-state index contributed by atoms with van der Waals surface area (Å²) in [6.07, 6.45) is 0. The molecule has 1 N–H and O–H groups in total. The van der Waals surface area contributed by atoms with Gasteiger partial charge in [-0.2, -0.15) is 5.26 Å². The van der Waals surface area contributed by atoms with Crippen LogP contribution < -0.4 is 5.32 Å². The van der Waals surface area contributed by atoms with E-state index in [1.54, 1.807) is 48.5 Å². The van der Waals surface area contributed by atoms with Crippen LogP contribution in [0.1, 0.15) is 15.9 Å². The molecule has 0 saturated heterocycles. The Bertz CT molecular complexity index is 1240. The van der Waals surface area contributed by atoms with E-state index in [0.717, 1.165) is 6.07 Å². The number of anilines is 1. The van der Waals surface area contributed by atoms with Gasteiger partial charge >= 0.3 is 5.97 Å². The van der Waals surface area contributed by atoms with Crippen molar-refractivity contribution in [2.45, 2.75) is 9.79 Å². The number of amides is 1. The maximum atomic E-state index is 12.6. The van der Waals surface area contributed by atoms with Gasteiger partial charge in [-0.1, -0.05) is 47.6 Å². The molecule has 0 heterocycles. The minimum atomic E-state index is -0.715. The van der Waals surface area contributed by atoms with Crippen molar-refractivity contribution in [3.05, 3.63) is 93.0 Å². The van der Waals surface area contributed by atoms with Crippen LogP contribution in [-0.4, -0.2) is 23.4 Å². The lowest BCUT2D eigenvalue weighted by Crippen LogP contribution is -2.21. The topological polar surface area (TPSA) is 122 Å². The Hall–Kier alpha value is -3.87. The number of hydrogen-bond donors (Lipinski definition) is 1. The second kappa shape index (κ2) is 10.4. The van der Waals surface area contributed by atoms with Gasteiger partial charge in [0.15, 0.2) is 6.61 Å². The van der Waals surface area contributed by atoms with Crippen molar-refractivity contribution in [1.82, 2.24) is 0 Å². The van der Waals surface area contributed by atoms with E-state index in [1.165, 1.54) is 23.9 Å². The van der Waals surface area contributed by atoms with E-state index < -0.39 is 23.4 Å². The maximum absolute atomic E-state index is 12.6. The van der Waals surface area contributed by atoms with E-state index in [-0.39, 0.29) is 22.0 Å². The van der Waals surface area contributed by atoms with Gasteiger partial charge in [-0.25, -0.2) is 4.79 Å². The van der Waals surface area contributed by atoms with Gasteiger partial charge in [0, 0.05) is 21.9 Å². The van der Waals surface area contributed by atoms with E-state index in [2.05, 4.69) is 11.4 Å². The highest BCUT2D eigenvalue weighted by Crippen LogP contribution is 2.33. The smallest absolute Gasteiger partial charge is 0.339 e. The van der Waals surface area contributed by atoms with E-state index >= 15 is 0 Å². The zero-order chi connectivity index (χ0) is 23.1. The normalized spacial score (nSPS) is 10.1. The van der Waals surface area contributed by atoms with E-state index in [0.29, 0.717) is 15.4 Å². The number of esters is 1. The van der Waals surface area contributed by atoms with Crippen molar-refractivity contribution in [2.24, 2.45) is 0 Å². The molecule has 0 fully saturated rings. The van der Waals surface area contributed by atoms with Crippen LogP contribution in [0.5, 0.6) is 0 Å². The van der Waals surface area contributed by atoms with Crippen LogP contribution in [0.2, 0.25) is 5.02 Å². The van der Waals surface area contributed by atoms with Crippen molar-refractivity contribution in [1.29, 1.82) is 5.26 Å². The standard InChI is InChI=1S/C22H14ClN3O5S/c23-17-11-15(26(29)30)9-10-18(17)25-21(27)13-31-22(28)16-6-2-4-8-20(16)32-19-7-3-1-5-14(19)12-24/h1-11H,13H2,(H,25,27). The van der Waals surface area contributed by atoms with Crippen molar-refractivity contribution in [3.8, 4) is 6.07 Å². The number of carbonyl (C=O) groups is 2. The summed E-state index contributed by atoms with van der Waals surface area (Å²) < 4.78 is 5.12. The molecule has 0 radical (unpaired) electrons. The number of nitrogens with zero attached hydrogens (tertiary/aromatic N) is 2. The molecule has 8 nitrogen and oxygen atoms in total. The average molecular weight is 468 g/mol. The van der Waals surface area contributed by atoms with E-state index in [9.17, 15) is 25.0 Å². The number of rotatable bonds is 7. The number of nitro groups is 1. The quantitative estimate of drug-likeness (QED) is 0.292. The summed E-state index contributed by atoms with van der Waals surface area (Å²) in [5.41, 5.74) is 0.653. The Morgan fingerprint density at radius 2 is 1.78 bits per heavy atom. The number of nitriles is 1. The molecular formula is C22H14ClN3O5S. The first-order valence-corrected chi connectivity index (χ1v) is 10.3. The molecule has 0 bridgehead atoms. The number of halogens is 1. The minimum Gasteiger partial charge on any atom is -0.452 e. The number of carbonyl (C=O) groups excluding carboxylic acids is 2. The molecule has 32 heavy (non-hydrogen) atoms. The molecule has 10 heteroatoms. The highest BCUT2D eigenvalue weighted by Gasteiger charge is 2.17. The summed E-state index contributed by atoms with van der Waals surface area (Å²) in [4.78, 5) is 36.1. The van der Waals surface area contributed by atoms with Gasteiger partial charge in [-0.05, 0) is 30.3 Å². The van der Waals surface area contributed by atoms with Gasteiger partial charge in [0.1, 0.15) is 6.07 Å². The molecule has 0 saturated carbocycles. The molecule has 0 aromatic heterocycles. The fourth-order valence-electron chi connectivity index (χ4n) is 2.60. The first kappa shape index (κ1) is 22.8. The summed E-state index contributed by atoms with van der Waals surface area (Å²) in [5.74, 6) is -1.37. The first-order chi connectivity index (χ1) is 15.4. The largest absolute Gasteiger partial charge is 0.452 e. The maximum Gasteiger partial charge on any atom is 0.339 e. The molecule has 160 valence electrons. The average Bonchev–Trinajstić information content (AvgIpc) is 2.79. The molecule has 0 aliphatic carbocycles.